The maximum absolute atomic E-state index is 5.49. The second-order valence-corrected chi connectivity index (χ2v) is 5.34. The van der Waals surface area contributed by atoms with E-state index >= 15 is 0 Å². The smallest absolute Gasteiger partial charge is 0.119 e. The summed E-state index contributed by atoms with van der Waals surface area (Å²) in [5.41, 5.74) is 6.79. The van der Waals surface area contributed by atoms with E-state index in [4.69, 9.17) is 10.5 Å². The van der Waals surface area contributed by atoms with Crippen LogP contribution in [0.1, 0.15) is 38.5 Å². The van der Waals surface area contributed by atoms with Crippen LogP contribution in [-0.4, -0.2) is 18.2 Å². The van der Waals surface area contributed by atoms with Crippen molar-refractivity contribution in [1.82, 2.24) is 4.57 Å². The van der Waals surface area contributed by atoms with Crippen molar-refractivity contribution >= 4 is 10.9 Å². The molecule has 0 saturated heterocycles. The lowest BCUT2D eigenvalue weighted by Gasteiger charge is -2.06. The molecule has 0 amide bonds. The molecule has 0 aliphatic heterocycles. The van der Waals surface area contributed by atoms with Crippen molar-refractivity contribution in [3.05, 3.63) is 30.5 Å². The van der Waals surface area contributed by atoms with E-state index in [9.17, 15) is 0 Å². The Morgan fingerprint density at radius 3 is 2.50 bits per heavy atom. The number of aryl methyl sites for hydroxylation is 1. The molecule has 3 heteroatoms. The summed E-state index contributed by atoms with van der Waals surface area (Å²) in [4.78, 5) is 0. The van der Waals surface area contributed by atoms with Crippen molar-refractivity contribution in [2.24, 2.45) is 5.73 Å². The van der Waals surface area contributed by atoms with Crippen molar-refractivity contribution in [1.29, 1.82) is 0 Å². The normalized spacial score (nSPS) is 11.1. The third-order valence-corrected chi connectivity index (χ3v) is 3.83. The molecule has 3 nitrogen and oxygen atoms in total. The lowest BCUT2D eigenvalue weighted by Crippen LogP contribution is -1.98. The second kappa shape index (κ2) is 7.95. The highest BCUT2D eigenvalue weighted by molar-refractivity contribution is 5.81. The summed E-state index contributed by atoms with van der Waals surface area (Å²) in [7, 11) is 1.71. The molecule has 1 aromatic heterocycles. The van der Waals surface area contributed by atoms with E-state index in [1.807, 2.05) is 6.07 Å². The number of aromatic nitrogens is 1. The van der Waals surface area contributed by atoms with Crippen LogP contribution in [0.3, 0.4) is 0 Å². The van der Waals surface area contributed by atoms with Gasteiger partial charge in [-0.15, -0.1) is 0 Å². The lowest BCUT2D eigenvalue weighted by atomic mass is 10.1. The SMILES string of the molecule is COc1ccc2c(ccn2CCCCCCCCN)c1. The molecule has 2 rings (SSSR count). The van der Waals surface area contributed by atoms with Gasteiger partial charge in [-0.1, -0.05) is 25.7 Å². The van der Waals surface area contributed by atoms with Gasteiger partial charge in [-0.3, -0.25) is 0 Å². The first kappa shape index (κ1) is 14.9. The predicted molar refractivity (Wildman–Crippen MR) is 85.2 cm³/mol. The molecule has 0 fully saturated rings. The van der Waals surface area contributed by atoms with E-state index in [1.54, 1.807) is 7.11 Å². The fraction of sp³-hybridized carbons (Fsp3) is 0.529. The summed E-state index contributed by atoms with van der Waals surface area (Å²) in [6.45, 7) is 1.94. The van der Waals surface area contributed by atoms with Crippen LogP contribution in [0.2, 0.25) is 0 Å². The molecule has 110 valence electrons. The van der Waals surface area contributed by atoms with Gasteiger partial charge in [0.1, 0.15) is 5.75 Å². The van der Waals surface area contributed by atoms with Crippen LogP contribution >= 0.6 is 0 Å². The molecule has 1 heterocycles. The fourth-order valence-electron chi connectivity index (χ4n) is 2.63. The van der Waals surface area contributed by atoms with Gasteiger partial charge in [0.2, 0.25) is 0 Å². The Labute approximate surface area is 121 Å². The van der Waals surface area contributed by atoms with Gasteiger partial charge in [0.05, 0.1) is 7.11 Å². The lowest BCUT2D eigenvalue weighted by molar-refractivity contribution is 0.415. The molecule has 20 heavy (non-hydrogen) atoms. The van der Waals surface area contributed by atoms with E-state index in [0.717, 1.165) is 18.8 Å². The van der Waals surface area contributed by atoms with Crippen LogP contribution in [0.15, 0.2) is 30.5 Å². The third-order valence-electron chi connectivity index (χ3n) is 3.83. The molecular formula is C17H26N2O. The molecule has 0 spiro atoms. The van der Waals surface area contributed by atoms with Gasteiger partial charge in [0, 0.05) is 23.6 Å². The summed E-state index contributed by atoms with van der Waals surface area (Å²) < 4.78 is 7.60. The standard InChI is InChI=1S/C17H26N2O/c1-20-16-8-9-17-15(14-16)10-13-19(17)12-7-5-3-2-4-6-11-18/h8-10,13-14H,2-7,11-12,18H2,1H3. The molecule has 0 saturated carbocycles. The molecule has 0 unspecified atom stereocenters. The Bertz CT molecular complexity index is 519. The Hall–Kier alpha value is -1.48. The Morgan fingerprint density at radius 2 is 1.75 bits per heavy atom. The van der Waals surface area contributed by atoms with Crippen LogP contribution < -0.4 is 10.5 Å². The quantitative estimate of drug-likeness (QED) is 0.703. The van der Waals surface area contributed by atoms with E-state index in [2.05, 4.69) is 29.0 Å². The highest BCUT2D eigenvalue weighted by Gasteiger charge is 2.02. The molecule has 0 atom stereocenters. The first-order chi connectivity index (χ1) is 9.85. The zero-order chi connectivity index (χ0) is 14.2. The van der Waals surface area contributed by atoms with Gasteiger partial charge >= 0.3 is 0 Å². The van der Waals surface area contributed by atoms with Crippen LogP contribution in [0.5, 0.6) is 5.75 Å². The maximum atomic E-state index is 5.49. The number of nitrogens with zero attached hydrogens (tertiary/aromatic N) is 1. The highest BCUT2D eigenvalue weighted by Crippen LogP contribution is 2.22. The molecule has 0 bridgehead atoms. The fourth-order valence-corrected chi connectivity index (χ4v) is 2.63. The van der Waals surface area contributed by atoms with Gasteiger partial charge < -0.3 is 15.0 Å². The van der Waals surface area contributed by atoms with Crippen LogP contribution in [0.25, 0.3) is 10.9 Å². The summed E-state index contributed by atoms with van der Waals surface area (Å²) in [6, 6.07) is 8.44. The molecule has 0 aliphatic rings. The molecule has 0 aliphatic carbocycles. The maximum Gasteiger partial charge on any atom is 0.119 e. The molecule has 2 N–H and O–H groups in total. The van der Waals surface area contributed by atoms with E-state index in [1.165, 1.54) is 49.4 Å². The van der Waals surface area contributed by atoms with Crippen molar-refractivity contribution in [2.75, 3.05) is 13.7 Å². The number of benzene rings is 1. The second-order valence-electron chi connectivity index (χ2n) is 5.34. The summed E-state index contributed by atoms with van der Waals surface area (Å²) in [5, 5.41) is 1.26. The molecule has 0 radical (unpaired) electrons. The topological polar surface area (TPSA) is 40.2 Å². The average molecular weight is 274 g/mol. The van der Waals surface area contributed by atoms with Crippen molar-refractivity contribution < 1.29 is 4.74 Å². The molecule has 2 aromatic rings. The van der Waals surface area contributed by atoms with Crippen molar-refractivity contribution in [3.63, 3.8) is 0 Å². The number of rotatable bonds is 9. The van der Waals surface area contributed by atoms with Gasteiger partial charge in [-0.25, -0.2) is 0 Å². The van der Waals surface area contributed by atoms with Gasteiger partial charge in [0.15, 0.2) is 0 Å². The van der Waals surface area contributed by atoms with Crippen molar-refractivity contribution in [3.8, 4) is 5.75 Å². The van der Waals surface area contributed by atoms with E-state index in [0.29, 0.717) is 0 Å². The minimum absolute atomic E-state index is 0.832. The number of unbranched alkanes of at least 4 members (excludes halogenated alkanes) is 5. The number of methoxy groups -OCH3 is 1. The molecular weight excluding hydrogens is 248 g/mol. The number of fused-ring (bicyclic) bond motifs is 1. The van der Waals surface area contributed by atoms with Gasteiger partial charge in [-0.2, -0.15) is 0 Å². The Kier molecular flexibility index (Phi) is 5.93. The first-order valence-electron chi connectivity index (χ1n) is 7.68. The van der Waals surface area contributed by atoms with Gasteiger partial charge in [-0.05, 0) is 43.7 Å². The number of hydrogen-bond acceptors (Lipinski definition) is 2. The monoisotopic (exact) mass is 274 g/mol. The van der Waals surface area contributed by atoms with E-state index < -0.39 is 0 Å². The van der Waals surface area contributed by atoms with Crippen LogP contribution in [-0.2, 0) is 6.54 Å². The first-order valence-corrected chi connectivity index (χ1v) is 7.68. The summed E-state index contributed by atoms with van der Waals surface area (Å²) in [5.74, 6) is 0.926. The van der Waals surface area contributed by atoms with E-state index in [-0.39, 0.29) is 0 Å². The zero-order valence-electron chi connectivity index (χ0n) is 12.5. The Morgan fingerprint density at radius 1 is 1.00 bits per heavy atom. The Balaban J connectivity index is 1.79. The predicted octanol–water partition coefficient (Wildman–Crippen LogP) is 3.95. The molecule has 1 aromatic carbocycles. The van der Waals surface area contributed by atoms with Crippen molar-refractivity contribution in [2.45, 2.75) is 45.1 Å². The highest BCUT2D eigenvalue weighted by atomic mass is 16.5. The minimum Gasteiger partial charge on any atom is -0.497 e. The average Bonchev–Trinajstić information content (AvgIpc) is 2.88. The minimum atomic E-state index is 0.832. The van der Waals surface area contributed by atoms with Crippen LogP contribution in [0, 0.1) is 0 Å². The number of hydrogen-bond donors (Lipinski definition) is 1. The zero-order valence-corrected chi connectivity index (χ0v) is 12.5. The number of nitrogens with two attached hydrogens (primary N) is 1. The summed E-state index contributed by atoms with van der Waals surface area (Å²) in [6.07, 6.45) is 9.83. The summed E-state index contributed by atoms with van der Waals surface area (Å²) >= 11 is 0. The van der Waals surface area contributed by atoms with Crippen LogP contribution in [0.4, 0.5) is 0 Å². The van der Waals surface area contributed by atoms with Gasteiger partial charge in [0.25, 0.3) is 0 Å². The number of ether oxygens (including phenoxy) is 1. The third kappa shape index (κ3) is 4.01. The largest absolute Gasteiger partial charge is 0.497 e.